The van der Waals surface area contributed by atoms with E-state index >= 15 is 0 Å². The van der Waals surface area contributed by atoms with Gasteiger partial charge in [0.15, 0.2) is 6.10 Å². The number of hydrogen-bond acceptors (Lipinski definition) is 8. The van der Waals surface area contributed by atoms with Crippen LogP contribution in [0.1, 0.15) is 181 Å². The standard InChI is InChI=1S/C44H82NO8P/c1-6-8-10-12-14-16-18-20-22-24-26-28-30-32-34-36-43(46)50-40-42(41-52-54(48,49)51-39-38-45(3,4)5)53-44(47)37-35-33-31-29-27-25-23-21-19-17-15-13-11-9-7-2/h15-18,21,23,42H,6-14,19-20,22,24-41H2,1-5H3/b17-15+,18-16+,23-21+/t42-/m1/s1. The molecule has 0 saturated heterocycles. The molecule has 1 unspecified atom stereocenters. The number of rotatable bonds is 39. The summed E-state index contributed by atoms with van der Waals surface area (Å²) in [5, 5.41) is 0. The van der Waals surface area contributed by atoms with Crippen LogP contribution in [0.15, 0.2) is 36.5 Å². The first kappa shape index (κ1) is 52.2. The highest BCUT2D eigenvalue weighted by Crippen LogP contribution is 2.38. The Morgan fingerprint density at radius 3 is 1.52 bits per heavy atom. The minimum absolute atomic E-state index is 0.0346. The maximum absolute atomic E-state index is 12.7. The average Bonchev–Trinajstić information content (AvgIpc) is 3.12. The molecule has 0 rings (SSSR count). The highest BCUT2D eigenvalue weighted by molar-refractivity contribution is 7.45. The lowest BCUT2D eigenvalue weighted by Gasteiger charge is -2.28. The van der Waals surface area contributed by atoms with E-state index in [4.69, 9.17) is 18.5 Å². The number of carbonyl (C=O) groups is 2. The van der Waals surface area contributed by atoms with Gasteiger partial charge in [0.1, 0.15) is 19.8 Å². The fraction of sp³-hybridized carbons (Fsp3) is 0.818. The van der Waals surface area contributed by atoms with E-state index in [1.807, 2.05) is 21.1 Å². The van der Waals surface area contributed by atoms with E-state index in [0.29, 0.717) is 17.4 Å². The molecule has 0 heterocycles. The van der Waals surface area contributed by atoms with Crippen molar-refractivity contribution in [2.45, 2.75) is 187 Å². The molecule has 2 atom stereocenters. The third-order valence-corrected chi connectivity index (χ3v) is 10.1. The summed E-state index contributed by atoms with van der Waals surface area (Å²) in [5.41, 5.74) is 0. The molecule has 0 aromatic heterocycles. The van der Waals surface area contributed by atoms with Gasteiger partial charge in [0, 0.05) is 12.8 Å². The Balaban J connectivity index is 4.40. The van der Waals surface area contributed by atoms with Crippen molar-refractivity contribution >= 4 is 19.8 Å². The Bertz CT molecular complexity index is 1020. The second kappa shape index (κ2) is 36.8. The van der Waals surface area contributed by atoms with Gasteiger partial charge in [0.05, 0.1) is 27.7 Å². The van der Waals surface area contributed by atoms with Crippen LogP contribution in [0.3, 0.4) is 0 Å². The van der Waals surface area contributed by atoms with E-state index < -0.39 is 32.5 Å². The lowest BCUT2D eigenvalue weighted by atomic mass is 10.1. The molecule has 316 valence electrons. The lowest BCUT2D eigenvalue weighted by molar-refractivity contribution is -0.870. The number of allylic oxidation sites excluding steroid dienone is 6. The van der Waals surface area contributed by atoms with Crippen LogP contribution in [-0.2, 0) is 32.7 Å². The molecule has 0 bridgehead atoms. The number of quaternary nitrogens is 1. The number of phosphoric acid groups is 1. The fourth-order valence-corrected chi connectivity index (χ4v) is 6.41. The van der Waals surface area contributed by atoms with Crippen molar-refractivity contribution in [3.8, 4) is 0 Å². The van der Waals surface area contributed by atoms with Crippen molar-refractivity contribution in [3.05, 3.63) is 36.5 Å². The number of hydrogen-bond donors (Lipinski definition) is 0. The quantitative estimate of drug-likeness (QED) is 0.0199. The molecule has 0 aliphatic carbocycles. The van der Waals surface area contributed by atoms with Gasteiger partial charge in [-0.3, -0.25) is 14.2 Å². The van der Waals surface area contributed by atoms with Crippen molar-refractivity contribution in [3.63, 3.8) is 0 Å². The zero-order valence-corrected chi connectivity index (χ0v) is 36.3. The Morgan fingerprint density at radius 2 is 1.00 bits per heavy atom. The zero-order valence-electron chi connectivity index (χ0n) is 35.4. The van der Waals surface area contributed by atoms with Gasteiger partial charge < -0.3 is 27.9 Å². The Kier molecular flexibility index (Phi) is 35.6. The van der Waals surface area contributed by atoms with E-state index in [2.05, 4.69) is 50.3 Å². The Hall–Kier alpha value is -1.77. The van der Waals surface area contributed by atoms with E-state index in [0.717, 1.165) is 70.6 Å². The molecule has 0 aromatic rings. The molecule has 9 nitrogen and oxygen atoms in total. The van der Waals surface area contributed by atoms with E-state index in [9.17, 15) is 19.0 Å². The van der Waals surface area contributed by atoms with Crippen molar-refractivity contribution in [1.82, 2.24) is 0 Å². The first-order valence-electron chi connectivity index (χ1n) is 21.7. The largest absolute Gasteiger partial charge is 0.756 e. The minimum Gasteiger partial charge on any atom is -0.756 e. The lowest BCUT2D eigenvalue weighted by Crippen LogP contribution is -2.37. The summed E-state index contributed by atoms with van der Waals surface area (Å²) < 4.78 is 33.9. The van der Waals surface area contributed by atoms with E-state index in [1.54, 1.807) is 0 Å². The summed E-state index contributed by atoms with van der Waals surface area (Å²) in [6.45, 7) is 4.16. The molecule has 0 N–H and O–H groups in total. The van der Waals surface area contributed by atoms with Crippen LogP contribution in [0.5, 0.6) is 0 Å². The highest BCUT2D eigenvalue weighted by atomic mass is 31.2. The van der Waals surface area contributed by atoms with Gasteiger partial charge in [-0.1, -0.05) is 134 Å². The second-order valence-corrected chi connectivity index (χ2v) is 17.1. The Morgan fingerprint density at radius 1 is 0.574 bits per heavy atom. The molecule has 0 aliphatic heterocycles. The third-order valence-electron chi connectivity index (χ3n) is 9.13. The number of ether oxygens (including phenoxy) is 2. The number of unbranched alkanes of at least 4 members (excludes halogenated alkanes) is 19. The summed E-state index contributed by atoms with van der Waals surface area (Å²) >= 11 is 0. The molecular weight excluding hydrogens is 701 g/mol. The van der Waals surface area contributed by atoms with Gasteiger partial charge in [-0.2, -0.15) is 0 Å². The van der Waals surface area contributed by atoms with Gasteiger partial charge in [-0.15, -0.1) is 0 Å². The summed E-state index contributed by atoms with van der Waals surface area (Å²) in [4.78, 5) is 37.5. The number of nitrogens with zero attached hydrogens (tertiary/aromatic N) is 1. The average molecular weight is 784 g/mol. The fourth-order valence-electron chi connectivity index (χ4n) is 5.68. The third kappa shape index (κ3) is 39.9. The molecule has 0 aromatic carbocycles. The molecule has 10 heteroatoms. The van der Waals surface area contributed by atoms with Crippen LogP contribution in [0, 0.1) is 0 Å². The number of likely N-dealkylation sites (N-methyl/N-ethyl adjacent to an activating group) is 1. The topological polar surface area (TPSA) is 111 Å². The summed E-state index contributed by atoms with van der Waals surface area (Å²) in [5.74, 6) is -0.855. The molecule has 0 spiro atoms. The SMILES string of the molecule is CCCCC/C=C/C/C=C/CCCCCCCC(=O)O[C@H](COC(=O)CCCCCCCCC/C=C/CCCCCC)COP(=O)([O-])OCC[N+](C)(C)C. The van der Waals surface area contributed by atoms with Gasteiger partial charge in [0.25, 0.3) is 7.82 Å². The van der Waals surface area contributed by atoms with E-state index in [-0.39, 0.29) is 26.1 Å². The smallest absolute Gasteiger partial charge is 0.306 e. The first-order chi connectivity index (χ1) is 26.0. The van der Waals surface area contributed by atoms with Crippen LogP contribution in [-0.4, -0.2) is 70.0 Å². The monoisotopic (exact) mass is 784 g/mol. The number of phosphoric ester groups is 1. The van der Waals surface area contributed by atoms with E-state index in [1.165, 1.54) is 77.0 Å². The van der Waals surface area contributed by atoms with Crippen molar-refractivity contribution < 1.29 is 42.1 Å². The summed E-state index contributed by atoms with van der Waals surface area (Å²) in [6, 6.07) is 0. The van der Waals surface area contributed by atoms with Crippen LogP contribution in [0.2, 0.25) is 0 Å². The second-order valence-electron chi connectivity index (χ2n) is 15.7. The zero-order chi connectivity index (χ0) is 40.0. The van der Waals surface area contributed by atoms with Crippen LogP contribution in [0.25, 0.3) is 0 Å². The molecular formula is C44H82NO8P. The van der Waals surface area contributed by atoms with Gasteiger partial charge in [-0.25, -0.2) is 0 Å². The predicted molar refractivity (Wildman–Crippen MR) is 222 cm³/mol. The predicted octanol–water partition coefficient (Wildman–Crippen LogP) is 11.5. The first-order valence-corrected chi connectivity index (χ1v) is 23.2. The number of esters is 2. The maximum atomic E-state index is 12.7. The van der Waals surface area contributed by atoms with Crippen molar-refractivity contribution in [2.24, 2.45) is 0 Å². The molecule has 0 aliphatic rings. The molecule has 0 fully saturated rings. The summed E-state index contributed by atoms with van der Waals surface area (Å²) in [6.07, 6.45) is 40.2. The van der Waals surface area contributed by atoms with Gasteiger partial charge >= 0.3 is 11.9 Å². The van der Waals surface area contributed by atoms with Crippen molar-refractivity contribution in [1.29, 1.82) is 0 Å². The van der Waals surface area contributed by atoms with Crippen LogP contribution in [0.4, 0.5) is 0 Å². The summed E-state index contributed by atoms with van der Waals surface area (Å²) in [7, 11) is 1.15. The normalized spacial score (nSPS) is 14.0. The molecule has 0 saturated carbocycles. The van der Waals surface area contributed by atoms with Gasteiger partial charge in [-0.05, 0) is 70.6 Å². The molecule has 0 amide bonds. The number of carbonyl (C=O) groups excluding carboxylic acids is 2. The molecule has 0 radical (unpaired) electrons. The maximum Gasteiger partial charge on any atom is 0.306 e. The van der Waals surface area contributed by atoms with Gasteiger partial charge in [0.2, 0.25) is 0 Å². The Labute approximate surface area is 331 Å². The minimum atomic E-state index is -4.63. The van der Waals surface area contributed by atoms with Crippen molar-refractivity contribution in [2.75, 3.05) is 47.5 Å². The van der Waals surface area contributed by atoms with Crippen LogP contribution < -0.4 is 4.89 Å². The highest BCUT2D eigenvalue weighted by Gasteiger charge is 2.21. The van der Waals surface area contributed by atoms with Crippen LogP contribution >= 0.6 is 7.82 Å². The molecule has 54 heavy (non-hydrogen) atoms.